The Morgan fingerprint density at radius 1 is 1.29 bits per heavy atom. The van der Waals surface area contributed by atoms with Crippen LogP contribution in [0.25, 0.3) is 0 Å². The minimum Gasteiger partial charge on any atom is -0.491 e. The zero-order valence-electron chi connectivity index (χ0n) is 11.1. The van der Waals surface area contributed by atoms with Gasteiger partial charge in [0.15, 0.2) is 11.6 Å². The molecule has 2 aromatic rings. The normalized spacial score (nSPS) is 10.3. The molecule has 0 saturated carbocycles. The van der Waals surface area contributed by atoms with Crippen LogP contribution in [-0.2, 0) is 0 Å². The lowest BCUT2D eigenvalue weighted by Gasteiger charge is -2.09. The van der Waals surface area contributed by atoms with Gasteiger partial charge in [0.1, 0.15) is 5.82 Å². The van der Waals surface area contributed by atoms with E-state index in [9.17, 15) is 13.6 Å². The van der Waals surface area contributed by atoms with E-state index < -0.39 is 17.5 Å². The Hall–Kier alpha value is -1.95. The van der Waals surface area contributed by atoms with E-state index in [0.717, 1.165) is 6.07 Å². The first-order valence-electron chi connectivity index (χ1n) is 6.20. The van der Waals surface area contributed by atoms with Gasteiger partial charge in [-0.2, -0.15) is 0 Å². The molecule has 2 aromatic carbocycles. The zero-order valence-corrected chi connectivity index (χ0v) is 12.7. The molecule has 0 atom stereocenters. The summed E-state index contributed by atoms with van der Waals surface area (Å²) in [5, 5.41) is 2.44. The van der Waals surface area contributed by atoms with Crippen LogP contribution in [0.2, 0.25) is 0 Å². The fourth-order valence-electron chi connectivity index (χ4n) is 1.73. The maximum Gasteiger partial charge on any atom is 0.258 e. The summed E-state index contributed by atoms with van der Waals surface area (Å²) in [5.41, 5.74) is 0.0963. The first-order valence-corrected chi connectivity index (χ1v) is 7.00. The molecule has 2 rings (SSSR count). The van der Waals surface area contributed by atoms with Gasteiger partial charge in [0, 0.05) is 11.8 Å². The van der Waals surface area contributed by atoms with Gasteiger partial charge >= 0.3 is 0 Å². The van der Waals surface area contributed by atoms with E-state index in [1.54, 1.807) is 13.0 Å². The predicted octanol–water partition coefficient (Wildman–Crippen LogP) is 4.38. The highest BCUT2D eigenvalue weighted by Crippen LogP contribution is 2.23. The molecule has 0 aromatic heterocycles. The Morgan fingerprint density at radius 3 is 2.71 bits per heavy atom. The molecule has 0 aliphatic heterocycles. The van der Waals surface area contributed by atoms with Crippen LogP contribution in [0.1, 0.15) is 17.3 Å². The van der Waals surface area contributed by atoms with Gasteiger partial charge in [-0.3, -0.25) is 4.79 Å². The summed E-state index contributed by atoms with van der Waals surface area (Å²) in [6.07, 6.45) is 0. The first kappa shape index (κ1) is 15.4. The number of hydrogen-bond donors (Lipinski definition) is 1. The number of anilines is 1. The molecular weight excluding hydrogens is 344 g/mol. The lowest BCUT2D eigenvalue weighted by molar-refractivity contribution is 0.102. The molecule has 0 aliphatic carbocycles. The number of carbonyl (C=O) groups excluding carboxylic acids is 1. The Morgan fingerprint density at radius 2 is 2.05 bits per heavy atom. The molecule has 0 spiro atoms. The fourth-order valence-corrected chi connectivity index (χ4v) is 2.09. The summed E-state index contributed by atoms with van der Waals surface area (Å²) < 4.78 is 32.7. The molecule has 1 amide bonds. The van der Waals surface area contributed by atoms with Gasteiger partial charge in [0.2, 0.25) is 0 Å². The summed E-state index contributed by atoms with van der Waals surface area (Å²) in [7, 11) is 0. The third-order valence-corrected chi connectivity index (χ3v) is 3.30. The largest absolute Gasteiger partial charge is 0.491 e. The van der Waals surface area contributed by atoms with Crippen molar-refractivity contribution in [2.24, 2.45) is 0 Å². The van der Waals surface area contributed by atoms with E-state index in [4.69, 9.17) is 4.74 Å². The van der Waals surface area contributed by atoms with Gasteiger partial charge in [0.25, 0.3) is 5.91 Å². The summed E-state index contributed by atoms with van der Waals surface area (Å²) in [4.78, 5) is 12.0. The highest BCUT2D eigenvalue weighted by atomic mass is 79.9. The van der Waals surface area contributed by atoms with E-state index in [-0.39, 0.29) is 21.5 Å². The number of benzene rings is 2. The van der Waals surface area contributed by atoms with Gasteiger partial charge < -0.3 is 10.1 Å². The zero-order chi connectivity index (χ0) is 15.4. The summed E-state index contributed by atoms with van der Waals surface area (Å²) >= 11 is 3.01. The van der Waals surface area contributed by atoms with Crippen molar-refractivity contribution in [2.45, 2.75) is 6.92 Å². The molecule has 3 nitrogen and oxygen atoms in total. The van der Waals surface area contributed by atoms with E-state index >= 15 is 0 Å². The van der Waals surface area contributed by atoms with Crippen molar-refractivity contribution < 1.29 is 18.3 Å². The number of ether oxygens (including phenoxy) is 1. The SMILES string of the molecule is CCOc1ccc(NC(=O)c2cccc(Br)c2F)cc1F. The number of hydrogen-bond acceptors (Lipinski definition) is 2. The number of rotatable bonds is 4. The third-order valence-electron chi connectivity index (χ3n) is 2.69. The molecule has 1 N–H and O–H groups in total. The smallest absolute Gasteiger partial charge is 0.258 e. The van der Waals surface area contributed by atoms with Crippen LogP contribution in [0.15, 0.2) is 40.9 Å². The fraction of sp³-hybridized carbons (Fsp3) is 0.133. The number of carbonyl (C=O) groups is 1. The van der Waals surface area contributed by atoms with Crippen molar-refractivity contribution >= 4 is 27.5 Å². The number of amides is 1. The quantitative estimate of drug-likeness (QED) is 0.883. The lowest BCUT2D eigenvalue weighted by Crippen LogP contribution is -2.14. The van der Waals surface area contributed by atoms with E-state index in [1.165, 1.54) is 24.3 Å². The molecule has 110 valence electrons. The molecule has 0 saturated heterocycles. The Kier molecular flexibility index (Phi) is 4.90. The Balaban J connectivity index is 2.20. The lowest BCUT2D eigenvalue weighted by atomic mass is 10.2. The minimum absolute atomic E-state index is 0.101. The molecule has 0 bridgehead atoms. The molecule has 0 unspecified atom stereocenters. The second kappa shape index (κ2) is 6.67. The van der Waals surface area contributed by atoms with Crippen LogP contribution < -0.4 is 10.1 Å². The summed E-state index contributed by atoms with van der Waals surface area (Å²) in [6, 6.07) is 8.40. The van der Waals surface area contributed by atoms with Crippen LogP contribution >= 0.6 is 15.9 Å². The van der Waals surface area contributed by atoms with Crippen LogP contribution in [0.3, 0.4) is 0 Å². The van der Waals surface area contributed by atoms with Crippen molar-refractivity contribution in [1.82, 2.24) is 0 Å². The summed E-state index contributed by atoms with van der Waals surface area (Å²) in [5.74, 6) is -1.81. The van der Waals surface area contributed by atoms with Crippen LogP contribution in [0.4, 0.5) is 14.5 Å². The van der Waals surface area contributed by atoms with Crippen molar-refractivity contribution in [3.63, 3.8) is 0 Å². The molecule has 0 heterocycles. The average Bonchev–Trinajstić information content (AvgIpc) is 2.45. The average molecular weight is 356 g/mol. The van der Waals surface area contributed by atoms with E-state index in [2.05, 4.69) is 21.2 Å². The highest BCUT2D eigenvalue weighted by Gasteiger charge is 2.14. The molecule has 0 radical (unpaired) electrons. The Bertz CT molecular complexity index is 677. The Labute approximate surface area is 129 Å². The van der Waals surface area contributed by atoms with Crippen molar-refractivity contribution in [3.05, 3.63) is 58.1 Å². The van der Waals surface area contributed by atoms with E-state index in [0.29, 0.717) is 6.61 Å². The maximum atomic E-state index is 13.8. The second-order valence-electron chi connectivity index (χ2n) is 4.13. The van der Waals surface area contributed by atoms with Crippen LogP contribution in [0, 0.1) is 11.6 Å². The van der Waals surface area contributed by atoms with Gasteiger partial charge in [0.05, 0.1) is 16.6 Å². The maximum absolute atomic E-state index is 13.8. The molecule has 0 fully saturated rings. The van der Waals surface area contributed by atoms with Gasteiger partial charge in [-0.1, -0.05) is 6.07 Å². The third kappa shape index (κ3) is 3.58. The van der Waals surface area contributed by atoms with Crippen LogP contribution in [-0.4, -0.2) is 12.5 Å². The highest BCUT2D eigenvalue weighted by molar-refractivity contribution is 9.10. The number of nitrogens with one attached hydrogen (secondary N) is 1. The molecule has 0 aliphatic rings. The van der Waals surface area contributed by atoms with E-state index in [1.807, 2.05) is 0 Å². The summed E-state index contributed by atoms with van der Waals surface area (Å²) in [6.45, 7) is 2.08. The van der Waals surface area contributed by atoms with Crippen LogP contribution in [0.5, 0.6) is 5.75 Å². The predicted molar refractivity (Wildman–Crippen MR) is 79.6 cm³/mol. The monoisotopic (exact) mass is 355 g/mol. The van der Waals surface area contributed by atoms with Gasteiger partial charge in [-0.15, -0.1) is 0 Å². The second-order valence-corrected chi connectivity index (χ2v) is 4.99. The van der Waals surface area contributed by atoms with Gasteiger partial charge in [-0.25, -0.2) is 8.78 Å². The molecule has 21 heavy (non-hydrogen) atoms. The number of halogens is 3. The first-order chi connectivity index (χ1) is 10.0. The topological polar surface area (TPSA) is 38.3 Å². The van der Waals surface area contributed by atoms with Crippen molar-refractivity contribution in [1.29, 1.82) is 0 Å². The van der Waals surface area contributed by atoms with Gasteiger partial charge in [-0.05, 0) is 47.1 Å². The molecular formula is C15H12BrF2NO2. The van der Waals surface area contributed by atoms with Crippen molar-refractivity contribution in [3.8, 4) is 5.75 Å². The standard InChI is InChI=1S/C15H12BrF2NO2/c1-2-21-13-7-6-9(8-12(13)17)19-15(20)10-4-3-5-11(16)14(10)18/h3-8H,2H2,1H3,(H,19,20). The minimum atomic E-state index is -0.665. The van der Waals surface area contributed by atoms with Crippen molar-refractivity contribution in [2.75, 3.05) is 11.9 Å². The molecule has 6 heteroatoms.